The van der Waals surface area contributed by atoms with Crippen LogP contribution in [0.25, 0.3) is 0 Å². The van der Waals surface area contributed by atoms with Crippen molar-refractivity contribution >= 4 is 11.8 Å². The Morgan fingerprint density at radius 1 is 1.38 bits per heavy atom. The zero-order valence-electron chi connectivity index (χ0n) is 12.8. The van der Waals surface area contributed by atoms with Gasteiger partial charge in [0.2, 0.25) is 0 Å². The molecule has 1 aliphatic heterocycles. The molecule has 1 aromatic carbocycles. The molecule has 0 aliphatic carbocycles. The summed E-state index contributed by atoms with van der Waals surface area (Å²) in [5.74, 6) is 6.71. The van der Waals surface area contributed by atoms with Crippen molar-refractivity contribution in [2.24, 2.45) is 5.73 Å². The molecule has 114 valence electrons. The van der Waals surface area contributed by atoms with Crippen LogP contribution in [0.3, 0.4) is 0 Å². The monoisotopic (exact) mass is 306 g/mol. The molecule has 1 aromatic rings. The van der Waals surface area contributed by atoms with Crippen LogP contribution < -0.4 is 5.73 Å². The van der Waals surface area contributed by atoms with Crippen LogP contribution in [0.5, 0.6) is 0 Å². The fraction of sp³-hybridized carbons (Fsp3) is 0.529. The lowest BCUT2D eigenvalue weighted by atomic mass is 10.1. The Labute approximate surface area is 131 Å². The molecule has 1 heterocycles. The standard InChI is InChI=1S/C17H23FN2S/c1-17(2)7-9-20(10-11-21-17)13-15-5-6-16(18)12-14(15)4-3-8-19/h5-6,12H,7-11,13,19H2,1-2H3. The van der Waals surface area contributed by atoms with Gasteiger partial charge in [-0.3, -0.25) is 4.90 Å². The van der Waals surface area contributed by atoms with E-state index >= 15 is 0 Å². The summed E-state index contributed by atoms with van der Waals surface area (Å²) in [5.41, 5.74) is 7.26. The van der Waals surface area contributed by atoms with Crippen molar-refractivity contribution in [3.8, 4) is 11.8 Å². The van der Waals surface area contributed by atoms with E-state index in [1.807, 2.05) is 17.8 Å². The molecule has 0 amide bonds. The third-order valence-electron chi connectivity index (χ3n) is 3.72. The van der Waals surface area contributed by atoms with Crippen molar-refractivity contribution in [2.75, 3.05) is 25.4 Å². The molecule has 1 saturated heterocycles. The molecule has 2 nitrogen and oxygen atoms in total. The molecule has 0 atom stereocenters. The molecular formula is C17H23FN2S. The third kappa shape index (κ3) is 5.03. The van der Waals surface area contributed by atoms with Crippen LogP contribution in [0, 0.1) is 17.7 Å². The second-order valence-corrected chi connectivity index (χ2v) is 7.74. The van der Waals surface area contributed by atoms with Gasteiger partial charge in [-0.1, -0.05) is 31.8 Å². The molecule has 0 radical (unpaired) electrons. The largest absolute Gasteiger partial charge is 0.320 e. The highest BCUT2D eigenvalue weighted by Gasteiger charge is 2.23. The molecule has 2 rings (SSSR count). The van der Waals surface area contributed by atoms with E-state index in [2.05, 4.69) is 30.6 Å². The van der Waals surface area contributed by atoms with E-state index in [1.54, 1.807) is 0 Å². The summed E-state index contributed by atoms with van der Waals surface area (Å²) in [6.07, 6.45) is 1.17. The quantitative estimate of drug-likeness (QED) is 0.852. The van der Waals surface area contributed by atoms with E-state index < -0.39 is 0 Å². The highest BCUT2D eigenvalue weighted by atomic mass is 32.2. The number of rotatable bonds is 2. The van der Waals surface area contributed by atoms with Crippen LogP contribution in [0.2, 0.25) is 0 Å². The van der Waals surface area contributed by atoms with E-state index in [4.69, 9.17) is 5.73 Å². The first-order valence-corrected chi connectivity index (χ1v) is 8.32. The van der Waals surface area contributed by atoms with Gasteiger partial charge < -0.3 is 5.73 Å². The molecule has 1 aliphatic rings. The van der Waals surface area contributed by atoms with Gasteiger partial charge in [0, 0.05) is 29.2 Å². The van der Waals surface area contributed by atoms with E-state index in [-0.39, 0.29) is 5.82 Å². The van der Waals surface area contributed by atoms with Crippen LogP contribution in [0.1, 0.15) is 31.4 Å². The maximum Gasteiger partial charge on any atom is 0.124 e. The van der Waals surface area contributed by atoms with Gasteiger partial charge in [-0.25, -0.2) is 4.39 Å². The smallest absolute Gasteiger partial charge is 0.124 e. The molecule has 0 aromatic heterocycles. The average Bonchev–Trinajstić information content (AvgIpc) is 2.60. The molecule has 2 N–H and O–H groups in total. The minimum absolute atomic E-state index is 0.243. The van der Waals surface area contributed by atoms with Crippen molar-refractivity contribution < 1.29 is 4.39 Å². The summed E-state index contributed by atoms with van der Waals surface area (Å²) in [5, 5.41) is 0. The number of hydrogen-bond acceptors (Lipinski definition) is 3. The second kappa shape index (κ2) is 7.31. The van der Waals surface area contributed by atoms with Gasteiger partial charge in [-0.05, 0) is 30.7 Å². The number of hydrogen-bond donors (Lipinski definition) is 1. The minimum Gasteiger partial charge on any atom is -0.320 e. The Morgan fingerprint density at radius 3 is 2.95 bits per heavy atom. The van der Waals surface area contributed by atoms with Gasteiger partial charge >= 0.3 is 0 Å². The summed E-state index contributed by atoms with van der Waals surface area (Å²) in [6, 6.07) is 4.87. The third-order valence-corrected chi connectivity index (χ3v) is 5.09. The van der Waals surface area contributed by atoms with E-state index in [9.17, 15) is 4.39 Å². The summed E-state index contributed by atoms with van der Waals surface area (Å²) < 4.78 is 13.8. The Morgan fingerprint density at radius 2 is 2.19 bits per heavy atom. The van der Waals surface area contributed by atoms with Gasteiger partial charge in [0.25, 0.3) is 0 Å². The van der Waals surface area contributed by atoms with E-state index in [1.165, 1.54) is 18.6 Å². The zero-order chi connectivity index (χ0) is 15.3. The Balaban J connectivity index is 2.12. The van der Waals surface area contributed by atoms with Crippen LogP contribution in [-0.2, 0) is 6.54 Å². The molecule has 21 heavy (non-hydrogen) atoms. The first kappa shape index (κ1) is 16.4. The predicted molar refractivity (Wildman–Crippen MR) is 88.8 cm³/mol. The summed E-state index contributed by atoms with van der Waals surface area (Å²) in [4.78, 5) is 2.43. The van der Waals surface area contributed by atoms with Crippen molar-refractivity contribution in [2.45, 2.75) is 31.6 Å². The minimum atomic E-state index is -0.243. The van der Waals surface area contributed by atoms with Crippen LogP contribution in [0.15, 0.2) is 18.2 Å². The van der Waals surface area contributed by atoms with Crippen molar-refractivity contribution in [3.63, 3.8) is 0 Å². The van der Waals surface area contributed by atoms with Gasteiger partial charge in [0.15, 0.2) is 0 Å². The molecule has 0 spiro atoms. The average molecular weight is 306 g/mol. The second-order valence-electron chi connectivity index (χ2n) is 5.94. The van der Waals surface area contributed by atoms with E-state index in [0.29, 0.717) is 11.3 Å². The highest BCUT2D eigenvalue weighted by molar-refractivity contribution is 8.00. The van der Waals surface area contributed by atoms with Crippen molar-refractivity contribution in [1.82, 2.24) is 4.90 Å². The fourth-order valence-corrected chi connectivity index (χ4v) is 3.55. The number of nitrogens with two attached hydrogens (primary N) is 1. The van der Waals surface area contributed by atoms with Crippen molar-refractivity contribution in [1.29, 1.82) is 0 Å². The SMILES string of the molecule is CC1(C)CCN(Cc2ccc(F)cc2C#CCN)CCS1. The maximum absolute atomic E-state index is 13.4. The maximum atomic E-state index is 13.4. The Kier molecular flexibility index (Phi) is 5.69. The highest BCUT2D eigenvalue weighted by Crippen LogP contribution is 2.31. The van der Waals surface area contributed by atoms with Crippen LogP contribution in [0.4, 0.5) is 4.39 Å². The van der Waals surface area contributed by atoms with Crippen molar-refractivity contribution in [3.05, 3.63) is 35.1 Å². The van der Waals surface area contributed by atoms with Crippen LogP contribution >= 0.6 is 11.8 Å². The summed E-state index contributed by atoms with van der Waals surface area (Å²) in [6.45, 7) is 7.86. The molecular weight excluding hydrogens is 283 g/mol. The lowest BCUT2D eigenvalue weighted by Crippen LogP contribution is -2.27. The Bertz CT molecular complexity index is 545. The normalized spacial score (nSPS) is 18.7. The van der Waals surface area contributed by atoms with Gasteiger partial charge in [0.1, 0.15) is 5.82 Å². The topological polar surface area (TPSA) is 29.3 Å². The van der Waals surface area contributed by atoms with Gasteiger partial charge in [-0.15, -0.1) is 0 Å². The molecule has 0 bridgehead atoms. The Hall–Kier alpha value is -1.02. The molecule has 1 fully saturated rings. The first-order chi connectivity index (χ1) is 10.00. The molecule has 4 heteroatoms. The zero-order valence-corrected chi connectivity index (χ0v) is 13.6. The predicted octanol–water partition coefficient (Wildman–Crippen LogP) is 2.85. The van der Waals surface area contributed by atoms with Gasteiger partial charge in [0.05, 0.1) is 6.54 Å². The number of thioether (sulfide) groups is 1. The summed E-state index contributed by atoms with van der Waals surface area (Å²) >= 11 is 2.03. The molecule has 0 unspecified atom stereocenters. The lowest BCUT2D eigenvalue weighted by Gasteiger charge is -2.23. The number of nitrogens with zero attached hydrogens (tertiary/aromatic N) is 1. The first-order valence-electron chi connectivity index (χ1n) is 7.34. The van der Waals surface area contributed by atoms with E-state index in [0.717, 1.165) is 36.5 Å². The number of benzene rings is 1. The number of halogens is 1. The van der Waals surface area contributed by atoms with Crippen LogP contribution in [-0.4, -0.2) is 35.0 Å². The summed E-state index contributed by atoms with van der Waals surface area (Å²) in [7, 11) is 0. The van der Waals surface area contributed by atoms with Gasteiger partial charge in [-0.2, -0.15) is 11.8 Å². The lowest BCUT2D eigenvalue weighted by molar-refractivity contribution is 0.276. The molecule has 0 saturated carbocycles. The fourth-order valence-electron chi connectivity index (χ4n) is 2.41.